The van der Waals surface area contributed by atoms with Gasteiger partial charge < -0.3 is 14.4 Å². The van der Waals surface area contributed by atoms with E-state index in [-0.39, 0.29) is 12.5 Å². The molecule has 1 aromatic carbocycles. The smallest absolute Gasteiger partial charge is 0.329 e. The van der Waals surface area contributed by atoms with Gasteiger partial charge in [-0.15, -0.1) is 0 Å². The Labute approximate surface area is 142 Å². The molecule has 6 heteroatoms. The molecule has 1 rings (SSSR count). The minimum atomic E-state index is -0.740. The van der Waals surface area contributed by atoms with Gasteiger partial charge in [-0.05, 0) is 11.5 Å². The van der Waals surface area contributed by atoms with Crippen LogP contribution in [0.2, 0.25) is 0 Å². The summed E-state index contributed by atoms with van der Waals surface area (Å²) in [6.45, 7) is 3.95. The summed E-state index contributed by atoms with van der Waals surface area (Å²) in [4.78, 5) is 37.2. The Hall–Kier alpha value is -2.37. The van der Waals surface area contributed by atoms with Crippen LogP contribution in [-0.4, -0.2) is 42.9 Å². The van der Waals surface area contributed by atoms with Gasteiger partial charge >= 0.3 is 11.9 Å². The molecule has 1 aromatic rings. The van der Waals surface area contributed by atoms with Crippen LogP contribution in [0.15, 0.2) is 30.3 Å². The number of nitrogens with zero attached hydrogens (tertiary/aromatic N) is 1. The van der Waals surface area contributed by atoms with Crippen molar-refractivity contribution in [1.29, 1.82) is 0 Å². The van der Waals surface area contributed by atoms with Crippen LogP contribution in [-0.2, 0) is 30.5 Å². The molecule has 6 nitrogen and oxygen atoms in total. The Kier molecular flexibility index (Phi) is 7.95. The molecule has 0 aliphatic carbocycles. The molecule has 0 radical (unpaired) electrons. The monoisotopic (exact) mass is 335 g/mol. The van der Waals surface area contributed by atoms with Crippen molar-refractivity contribution in [2.45, 2.75) is 39.3 Å². The summed E-state index contributed by atoms with van der Waals surface area (Å²) < 4.78 is 9.87. The second-order valence-electron chi connectivity index (χ2n) is 5.68. The average Bonchev–Trinajstić information content (AvgIpc) is 2.60. The van der Waals surface area contributed by atoms with Crippen LogP contribution in [0.5, 0.6) is 0 Å². The molecule has 0 aliphatic rings. The molecule has 0 heterocycles. The third kappa shape index (κ3) is 5.68. The Morgan fingerprint density at radius 1 is 1.17 bits per heavy atom. The zero-order valence-corrected chi connectivity index (χ0v) is 14.7. The van der Waals surface area contributed by atoms with Crippen molar-refractivity contribution in [2.24, 2.45) is 5.92 Å². The van der Waals surface area contributed by atoms with E-state index < -0.39 is 30.3 Å². The van der Waals surface area contributed by atoms with Gasteiger partial charge in [0, 0.05) is 7.05 Å². The van der Waals surface area contributed by atoms with Gasteiger partial charge in [-0.1, -0.05) is 50.6 Å². The third-order valence-corrected chi connectivity index (χ3v) is 3.98. The number of likely N-dealkylation sites (N-methyl/N-ethyl adjacent to an activating group) is 1. The molecule has 0 bridgehead atoms. The first-order chi connectivity index (χ1) is 11.4. The van der Waals surface area contributed by atoms with Gasteiger partial charge in [-0.3, -0.25) is 9.59 Å². The van der Waals surface area contributed by atoms with Crippen molar-refractivity contribution in [3.63, 3.8) is 0 Å². The first-order valence-corrected chi connectivity index (χ1v) is 7.93. The van der Waals surface area contributed by atoms with Crippen molar-refractivity contribution in [3.8, 4) is 0 Å². The number of hydrogen-bond acceptors (Lipinski definition) is 5. The second kappa shape index (κ2) is 9.70. The maximum atomic E-state index is 12.5. The molecular weight excluding hydrogens is 310 g/mol. The molecule has 24 heavy (non-hydrogen) atoms. The van der Waals surface area contributed by atoms with Crippen LogP contribution in [0.3, 0.4) is 0 Å². The van der Waals surface area contributed by atoms with Crippen molar-refractivity contribution in [2.75, 3.05) is 14.2 Å². The summed E-state index contributed by atoms with van der Waals surface area (Å²) >= 11 is 0. The number of esters is 2. The zero-order chi connectivity index (χ0) is 18.1. The Morgan fingerprint density at radius 2 is 1.79 bits per heavy atom. The van der Waals surface area contributed by atoms with Crippen molar-refractivity contribution < 1.29 is 23.9 Å². The fourth-order valence-corrected chi connectivity index (χ4v) is 2.28. The van der Waals surface area contributed by atoms with Crippen LogP contribution in [0.4, 0.5) is 0 Å². The number of hydrogen-bond donors (Lipinski definition) is 0. The highest BCUT2D eigenvalue weighted by Gasteiger charge is 2.33. The summed E-state index contributed by atoms with van der Waals surface area (Å²) in [6.07, 6.45) is 0.298. The SMILES string of the molecule is CCC(C)C(C(=O)OCc1ccccc1)N(C)C(=O)CC(=O)OC. The highest BCUT2D eigenvalue weighted by Crippen LogP contribution is 2.17. The third-order valence-electron chi connectivity index (χ3n) is 3.98. The van der Waals surface area contributed by atoms with Gasteiger partial charge in [0.1, 0.15) is 19.1 Å². The Bertz CT molecular complexity index is 558. The van der Waals surface area contributed by atoms with Crippen LogP contribution >= 0.6 is 0 Å². The Morgan fingerprint density at radius 3 is 2.33 bits per heavy atom. The van der Waals surface area contributed by atoms with Crippen LogP contribution in [0.25, 0.3) is 0 Å². The van der Waals surface area contributed by atoms with E-state index in [4.69, 9.17) is 4.74 Å². The fourth-order valence-electron chi connectivity index (χ4n) is 2.28. The number of ether oxygens (including phenoxy) is 2. The Balaban J connectivity index is 2.77. The molecule has 0 aromatic heterocycles. The zero-order valence-electron chi connectivity index (χ0n) is 14.7. The van der Waals surface area contributed by atoms with Crippen molar-refractivity contribution >= 4 is 17.8 Å². The molecular formula is C18H25NO5. The molecule has 0 saturated heterocycles. The summed E-state index contributed by atoms with van der Waals surface area (Å²) in [5, 5.41) is 0. The first-order valence-electron chi connectivity index (χ1n) is 7.93. The molecule has 2 unspecified atom stereocenters. The van der Waals surface area contributed by atoms with Crippen molar-refractivity contribution in [1.82, 2.24) is 4.90 Å². The molecule has 1 amide bonds. The lowest BCUT2D eigenvalue weighted by Gasteiger charge is -2.30. The van der Waals surface area contributed by atoms with Gasteiger partial charge in [0.25, 0.3) is 0 Å². The molecule has 0 fully saturated rings. The molecule has 0 saturated carbocycles. The predicted octanol–water partition coefficient (Wildman–Crippen LogP) is 2.17. The average molecular weight is 335 g/mol. The first kappa shape index (κ1) is 19.7. The molecule has 0 spiro atoms. The number of rotatable bonds is 8. The standard InChI is InChI=1S/C18H25NO5/c1-5-13(2)17(19(3)15(20)11-16(21)23-4)18(22)24-12-14-9-7-6-8-10-14/h6-10,13,17H,5,11-12H2,1-4H3. The summed E-state index contributed by atoms with van der Waals surface area (Å²) in [5.41, 5.74) is 0.872. The number of amides is 1. The van der Waals surface area contributed by atoms with Crippen LogP contribution < -0.4 is 0 Å². The molecule has 132 valence electrons. The predicted molar refractivity (Wildman–Crippen MR) is 88.9 cm³/mol. The minimum absolute atomic E-state index is 0.0973. The van der Waals surface area contributed by atoms with Gasteiger partial charge in [-0.25, -0.2) is 4.79 Å². The van der Waals surface area contributed by atoms with Gasteiger partial charge in [0.2, 0.25) is 5.91 Å². The molecule has 0 N–H and O–H groups in total. The topological polar surface area (TPSA) is 72.9 Å². The van der Waals surface area contributed by atoms with Gasteiger partial charge in [0.05, 0.1) is 7.11 Å². The lowest BCUT2D eigenvalue weighted by atomic mass is 9.97. The van der Waals surface area contributed by atoms with E-state index in [1.54, 1.807) is 0 Å². The van der Waals surface area contributed by atoms with E-state index in [1.807, 2.05) is 44.2 Å². The largest absolute Gasteiger partial charge is 0.469 e. The fraction of sp³-hybridized carbons (Fsp3) is 0.500. The number of benzene rings is 1. The summed E-state index contributed by atoms with van der Waals surface area (Å²) in [7, 11) is 2.72. The van der Waals surface area contributed by atoms with E-state index in [0.29, 0.717) is 6.42 Å². The van der Waals surface area contributed by atoms with E-state index in [9.17, 15) is 14.4 Å². The molecule has 0 aliphatic heterocycles. The highest BCUT2D eigenvalue weighted by molar-refractivity contribution is 5.96. The normalized spacial score (nSPS) is 12.8. The minimum Gasteiger partial charge on any atom is -0.469 e. The van der Waals surface area contributed by atoms with Gasteiger partial charge in [0.15, 0.2) is 0 Å². The quantitative estimate of drug-likeness (QED) is 0.538. The highest BCUT2D eigenvalue weighted by atomic mass is 16.5. The number of methoxy groups -OCH3 is 1. The van der Waals surface area contributed by atoms with E-state index in [2.05, 4.69) is 4.74 Å². The van der Waals surface area contributed by atoms with Crippen molar-refractivity contribution in [3.05, 3.63) is 35.9 Å². The second-order valence-corrected chi connectivity index (χ2v) is 5.68. The molecule has 2 atom stereocenters. The van der Waals surface area contributed by atoms with Crippen LogP contribution in [0.1, 0.15) is 32.3 Å². The summed E-state index contributed by atoms with van der Waals surface area (Å²) in [5.74, 6) is -1.68. The number of carbonyl (C=O) groups is 3. The number of carbonyl (C=O) groups excluding carboxylic acids is 3. The van der Waals surface area contributed by atoms with Crippen LogP contribution in [0, 0.1) is 5.92 Å². The van der Waals surface area contributed by atoms with E-state index in [0.717, 1.165) is 5.56 Å². The lowest BCUT2D eigenvalue weighted by molar-refractivity contribution is -0.159. The maximum Gasteiger partial charge on any atom is 0.329 e. The lowest BCUT2D eigenvalue weighted by Crippen LogP contribution is -2.47. The maximum absolute atomic E-state index is 12.5. The van der Waals surface area contributed by atoms with Gasteiger partial charge in [-0.2, -0.15) is 0 Å². The van der Waals surface area contributed by atoms with E-state index >= 15 is 0 Å². The summed E-state index contributed by atoms with van der Waals surface area (Å²) in [6, 6.07) is 8.58. The van der Waals surface area contributed by atoms with E-state index in [1.165, 1.54) is 19.1 Å².